The lowest BCUT2D eigenvalue weighted by Gasteiger charge is -2.13. The molecule has 1 atom stereocenters. The Morgan fingerprint density at radius 3 is 2.50 bits per heavy atom. The van der Waals surface area contributed by atoms with Crippen LogP contribution in [-0.4, -0.2) is 36.1 Å². The van der Waals surface area contributed by atoms with Crippen molar-refractivity contribution in [3.63, 3.8) is 0 Å². The van der Waals surface area contributed by atoms with Crippen LogP contribution in [0.25, 0.3) is 0 Å². The molecular weight excluding hydrogens is 268 g/mol. The van der Waals surface area contributed by atoms with E-state index in [1.165, 1.54) is 26.4 Å². The number of pyridine rings is 1. The lowest BCUT2D eigenvalue weighted by molar-refractivity contribution is -0.385. The van der Waals surface area contributed by atoms with Crippen LogP contribution in [0.2, 0.25) is 0 Å². The average molecular weight is 282 g/mol. The summed E-state index contributed by atoms with van der Waals surface area (Å²) < 4.78 is 9.15. The van der Waals surface area contributed by atoms with Gasteiger partial charge in [0.15, 0.2) is 0 Å². The molecule has 0 N–H and O–H groups in total. The third-order valence-electron chi connectivity index (χ3n) is 2.69. The van der Waals surface area contributed by atoms with Crippen molar-refractivity contribution in [1.82, 2.24) is 4.98 Å². The van der Waals surface area contributed by atoms with E-state index in [0.29, 0.717) is 5.69 Å². The number of nitrogens with zero attached hydrogens (tertiary/aromatic N) is 2. The molecule has 0 aliphatic heterocycles. The molecule has 0 amide bonds. The molecule has 0 saturated carbocycles. The largest absolute Gasteiger partial charge is 0.469 e. The number of methoxy groups -OCH3 is 2. The van der Waals surface area contributed by atoms with E-state index < -0.39 is 22.8 Å². The number of aromatic nitrogens is 1. The number of ether oxygens (including phenoxy) is 2. The number of hydrogen-bond acceptors (Lipinski definition) is 7. The Bertz CT molecular complexity index is 499. The molecule has 1 aromatic rings. The van der Waals surface area contributed by atoms with Crippen LogP contribution < -0.4 is 0 Å². The summed E-state index contributed by atoms with van der Waals surface area (Å²) in [5.41, 5.74) is 0.136. The van der Waals surface area contributed by atoms with Gasteiger partial charge in [-0.3, -0.25) is 24.7 Å². The number of hydrogen-bond donors (Lipinski definition) is 0. The van der Waals surface area contributed by atoms with Gasteiger partial charge in [0.1, 0.15) is 6.20 Å². The van der Waals surface area contributed by atoms with Crippen LogP contribution in [0.15, 0.2) is 18.3 Å². The van der Waals surface area contributed by atoms with Crippen molar-refractivity contribution in [1.29, 1.82) is 0 Å². The molecule has 1 aromatic heterocycles. The van der Waals surface area contributed by atoms with Crippen molar-refractivity contribution < 1.29 is 24.0 Å². The number of rotatable bonds is 6. The van der Waals surface area contributed by atoms with Gasteiger partial charge in [-0.1, -0.05) is 0 Å². The number of nitro groups is 1. The van der Waals surface area contributed by atoms with E-state index in [-0.39, 0.29) is 18.5 Å². The summed E-state index contributed by atoms with van der Waals surface area (Å²) in [5.74, 6) is -1.78. The highest BCUT2D eigenvalue weighted by Gasteiger charge is 2.24. The molecule has 0 aliphatic rings. The Kier molecular flexibility index (Phi) is 5.57. The zero-order chi connectivity index (χ0) is 15.1. The molecule has 108 valence electrons. The van der Waals surface area contributed by atoms with Gasteiger partial charge in [-0.05, 0) is 12.5 Å². The standard InChI is InChI=1S/C12H14N2O6/c1-19-11(15)6-4-9(12(16)20-2)10-5-3-8(7-13-10)14(17)18/h3,5,7,9H,4,6H2,1-2H3. The minimum absolute atomic E-state index is 0.0228. The van der Waals surface area contributed by atoms with Crippen molar-refractivity contribution >= 4 is 17.6 Å². The fourth-order valence-corrected chi connectivity index (χ4v) is 1.60. The van der Waals surface area contributed by atoms with Crippen molar-refractivity contribution in [2.24, 2.45) is 0 Å². The molecule has 0 bridgehead atoms. The predicted molar refractivity (Wildman–Crippen MR) is 66.9 cm³/mol. The molecule has 20 heavy (non-hydrogen) atoms. The zero-order valence-electron chi connectivity index (χ0n) is 11.1. The van der Waals surface area contributed by atoms with Gasteiger partial charge < -0.3 is 9.47 Å². The van der Waals surface area contributed by atoms with Gasteiger partial charge in [-0.15, -0.1) is 0 Å². The van der Waals surface area contributed by atoms with Crippen LogP contribution in [0.4, 0.5) is 5.69 Å². The van der Waals surface area contributed by atoms with E-state index >= 15 is 0 Å². The fraction of sp³-hybridized carbons (Fsp3) is 0.417. The summed E-state index contributed by atoms with van der Waals surface area (Å²) in [5, 5.41) is 10.5. The number of esters is 2. The molecule has 1 rings (SSSR count). The number of carbonyl (C=O) groups excluding carboxylic acids is 2. The first-order chi connectivity index (χ1) is 9.49. The summed E-state index contributed by atoms with van der Waals surface area (Å²) >= 11 is 0. The fourth-order valence-electron chi connectivity index (χ4n) is 1.60. The Hall–Kier alpha value is -2.51. The molecule has 8 heteroatoms. The van der Waals surface area contributed by atoms with Gasteiger partial charge in [-0.2, -0.15) is 0 Å². The number of carbonyl (C=O) groups is 2. The average Bonchev–Trinajstić information content (AvgIpc) is 2.47. The summed E-state index contributed by atoms with van der Waals surface area (Å²) in [6.45, 7) is 0. The van der Waals surface area contributed by atoms with E-state index in [9.17, 15) is 19.7 Å². The topological polar surface area (TPSA) is 109 Å². The summed E-state index contributed by atoms with van der Waals surface area (Å²) in [6.07, 6.45) is 1.24. The monoisotopic (exact) mass is 282 g/mol. The third kappa shape index (κ3) is 4.01. The summed E-state index contributed by atoms with van der Waals surface area (Å²) in [4.78, 5) is 36.6. The van der Waals surface area contributed by atoms with Crippen LogP contribution in [0, 0.1) is 10.1 Å². The van der Waals surface area contributed by atoms with E-state index in [2.05, 4.69) is 14.5 Å². The molecule has 1 heterocycles. The van der Waals surface area contributed by atoms with Crippen LogP contribution in [0.5, 0.6) is 0 Å². The van der Waals surface area contributed by atoms with Crippen LogP contribution >= 0.6 is 0 Å². The Morgan fingerprint density at radius 2 is 2.05 bits per heavy atom. The lowest BCUT2D eigenvalue weighted by Crippen LogP contribution is -2.17. The first-order valence-electron chi connectivity index (χ1n) is 5.74. The zero-order valence-corrected chi connectivity index (χ0v) is 11.1. The molecule has 0 aliphatic carbocycles. The van der Waals surface area contributed by atoms with E-state index in [1.807, 2.05) is 0 Å². The first kappa shape index (κ1) is 15.5. The van der Waals surface area contributed by atoms with Crippen molar-refractivity contribution in [3.8, 4) is 0 Å². The minimum atomic E-state index is -0.764. The molecule has 0 spiro atoms. The normalized spacial score (nSPS) is 11.5. The molecule has 0 saturated heterocycles. The van der Waals surface area contributed by atoms with Crippen molar-refractivity contribution in [2.75, 3.05) is 14.2 Å². The van der Waals surface area contributed by atoms with Crippen LogP contribution in [0.3, 0.4) is 0 Å². The second-order valence-electron chi connectivity index (χ2n) is 3.89. The maximum absolute atomic E-state index is 11.7. The van der Waals surface area contributed by atoms with Gasteiger partial charge in [0, 0.05) is 12.5 Å². The van der Waals surface area contributed by atoms with Crippen LogP contribution in [-0.2, 0) is 19.1 Å². The van der Waals surface area contributed by atoms with Gasteiger partial charge in [0.25, 0.3) is 5.69 Å². The Balaban J connectivity index is 2.89. The molecule has 8 nitrogen and oxygen atoms in total. The second-order valence-corrected chi connectivity index (χ2v) is 3.89. The highest BCUT2D eigenvalue weighted by molar-refractivity contribution is 5.78. The molecular formula is C12H14N2O6. The SMILES string of the molecule is COC(=O)CCC(C(=O)OC)c1ccc([N+](=O)[O-])cn1. The van der Waals surface area contributed by atoms with Gasteiger partial charge >= 0.3 is 11.9 Å². The lowest BCUT2D eigenvalue weighted by atomic mass is 9.99. The Labute approximate surface area is 114 Å². The predicted octanol–water partition coefficient (Wildman–Crippen LogP) is 1.20. The second kappa shape index (κ2) is 7.17. The molecule has 1 unspecified atom stereocenters. The Morgan fingerprint density at radius 1 is 1.35 bits per heavy atom. The highest BCUT2D eigenvalue weighted by atomic mass is 16.6. The van der Waals surface area contributed by atoms with E-state index in [4.69, 9.17) is 0 Å². The molecule has 0 fully saturated rings. The van der Waals surface area contributed by atoms with Crippen molar-refractivity contribution in [3.05, 3.63) is 34.1 Å². The van der Waals surface area contributed by atoms with Crippen LogP contribution in [0.1, 0.15) is 24.5 Å². The summed E-state index contributed by atoms with van der Waals surface area (Å²) in [7, 11) is 2.47. The van der Waals surface area contributed by atoms with Gasteiger partial charge in [0.05, 0.1) is 30.8 Å². The van der Waals surface area contributed by atoms with Gasteiger partial charge in [0.2, 0.25) is 0 Å². The smallest absolute Gasteiger partial charge is 0.314 e. The molecule has 0 radical (unpaired) electrons. The minimum Gasteiger partial charge on any atom is -0.469 e. The van der Waals surface area contributed by atoms with Crippen molar-refractivity contribution in [2.45, 2.75) is 18.8 Å². The summed E-state index contributed by atoms with van der Waals surface area (Å²) in [6, 6.07) is 2.62. The maximum atomic E-state index is 11.7. The van der Waals surface area contributed by atoms with E-state index in [1.54, 1.807) is 0 Å². The van der Waals surface area contributed by atoms with Gasteiger partial charge in [-0.25, -0.2) is 0 Å². The maximum Gasteiger partial charge on any atom is 0.314 e. The first-order valence-corrected chi connectivity index (χ1v) is 5.74. The van der Waals surface area contributed by atoms with E-state index in [0.717, 1.165) is 6.20 Å². The third-order valence-corrected chi connectivity index (χ3v) is 2.69. The molecule has 0 aromatic carbocycles. The highest BCUT2D eigenvalue weighted by Crippen LogP contribution is 2.23. The quantitative estimate of drug-likeness (QED) is 0.438.